The second-order valence-electron chi connectivity index (χ2n) is 7.12. The van der Waals surface area contributed by atoms with Gasteiger partial charge in [0.1, 0.15) is 0 Å². The molecule has 0 rings (SSSR count). The first-order valence-electron chi connectivity index (χ1n) is 6.43. The molecule has 0 bridgehead atoms. The van der Waals surface area contributed by atoms with Gasteiger partial charge >= 0.3 is 5.95 Å². The molecule has 108 valence electrons. The molecular formula is C13H30O3Si2. The molecule has 0 fully saturated rings. The summed E-state index contributed by atoms with van der Waals surface area (Å²) in [4.78, 5) is 0. The molecule has 0 aliphatic rings. The predicted octanol–water partition coefficient (Wildman–Crippen LogP) is 4.70. The Hall–Kier alpha value is -0.426. The van der Waals surface area contributed by atoms with Crippen LogP contribution in [0.4, 0.5) is 0 Å². The molecule has 0 aromatic rings. The third-order valence-electron chi connectivity index (χ3n) is 3.09. The maximum Gasteiger partial charge on any atom is 0.303 e. The summed E-state index contributed by atoms with van der Waals surface area (Å²) in [5.74, 6) is 1.31. The highest BCUT2D eigenvalue weighted by atomic mass is 28.4. The van der Waals surface area contributed by atoms with Gasteiger partial charge in [-0.2, -0.15) is 0 Å². The van der Waals surface area contributed by atoms with Crippen molar-refractivity contribution in [2.45, 2.75) is 65.5 Å². The van der Waals surface area contributed by atoms with E-state index in [4.69, 9.17) is 13.6 Å². The quantitative estimate of drug-likeness (QED) is 0.543. The number of hydrogen-bond donors (Lipinski definition) is 0. The van der Waals surface area contributed by atoms with E-state index in [2.05, 4.69) is 53.5 Å². The van der Waals surface area contributed by atoms with E-state index in [-0.39, 0.29) is 5.04 Å². The topological polar surface area (TPSA) is 27.7 Å². The van der Waals surface area contributed by atoms with Crippen molar-refractivity contribution in [3.8, 4) is 0 Å². The Labute approximate surface area is 115 Å². The maximum absolute atomic E-state index is 6.19. The van der Waals surface area contributed by atoms with E-state index in [1.165, 1.54) is 0 Å². The highest BCUT2D eigenvalue weighted by molar-refractivity contribution is 6.74. The van der Waals surface area contributed by atoms with Crippen LogP contribution in [0.25, 0.3) is 0 Å². The van der Waals surface area contributed by atoms with Gasteiger partial charge in [-0.1, -0.05) is 20.8 Å². The van der Waals surface area contributed by atoms with Crippen molar-refractivity contribution in [3.63, 3.8) is 0 Å². The van der Waals surface area contributed by atoms with Gasteiger partial charge in [-0.25, -0.2) is 0 Å². The van der Waals surface area contributed by atoms with Gasteiger partial charge in [0.25, 0.3) is 0 Å². The van der Waals surface area contributed by atoms with Gasteiger partial charge < -0.3 is 13.6 Å². The lowest BCUT2D eigenvalue weighted by Crippen LogP contribution is -2.40. The molecule has 0 aromatic heterocycles. The molecule has 0 radical (unpaired) electrons. The van der Waals surface area contributed by atoms with Gasteiger partial charge in [0.15, 0.2) is 5.76 Å². The zero-order chi connectivity index (χ0) is 14.8. The second-order valence-corrected chi connectivity index (χ2v) is 16.3. The normalized spacial score (nSPS) is 15.0. The highest BCUT2D eigenvalue weighted by Crippen LogP contribution is 2.38. The minimum Gasteiger partial charge on any atom is -0.542 e. The molecule has 0 N–H and O–H groups in total. The fraction of sp³-hybridized carbons (Fsp3) is 0.846. The van der Waals surface area contributed by atoms with Crippen LogP contribution in [0.3, 0.4) is 0 Å². The van der Waals surface area contributed by atoms with E-state index < -0.39 is 16.6 Å². The van der Waals surface area contributed by atoms with Crippen molar-refractivity contribution in [2.75, 3.05) is 7.11 Å². The molecular weight excluding hydrogens is 260 g/mol. The summed E-state index contributed by atoms with van der Waals surface area (Å²) in [5.41, 5.74) is 0. The van der Waals surface area contributed by atoms with E-state index in [0.29, 0.717) is 5.95 Å². The van der Waals surface area contributed by atoms with Crippen LogP contribution in [0.1, 0.15) is 27.7 Å². The van der Waals surface area contributed by atoms with Gasteiger partial charge in [-0.3, -0.25) is 0 Å². The third-order valence-corrected chi connectivity index (χ3v) is 8.31. The van der Waals surface area contributed by atoms with Crippen LogP contribution in [-0.4, -0.2) is 23.7 Å². The molecule has 5 heteroatoms. The molecule has 0 aliphatic heterocycles. The average Bonchev–Trinajstić information content (AvgIpc) is 2.09. The Kier molecular flexibility index (Phi) is 5.56. The van der Waals surface area contributed by atoms with E-state index in [0.717, 1.165) is 5.76 Å². The lowest BCUT2D eigenvalue weighted by Gasteiger charge is -2.37. The van der Waals surface area contributed by atoms with Gasteiger partial charge in [0, 0.05) is 0 Å². The van der Waals surface area contributed by atoms with Crippen molar-refractivity contribution in [1.82, 2.24) is 0 Å². The molecule has 18 heavy (non-hydrogen) atoms. The van der Waals surface area contributed by atoms with Crippen molar-refractivity contribution in [2.24, 2.45) is 0 Å². The molecule has 0 unspecified atom stereocenters. The Morgan fingerprint density at radius 3 is 1.61 bits per heavy atom. The third kappa shape index (κ3) is 5.48. The fourth-order valence-corrected chi connectivity index (χ4v) is 3.05. The summed E-state index contributed by atoms with van der Waals surface area (Å²) in [5, 5.41) is 0.173. The number of rotatable bonds is 5. The molecule has 0 atom stereocenters. The number of hydrogen-bond acceptors (Lipinski definition) is 3. The van der Waals surface area contributed by atoms with Gasteiger partial charge in [0.2, 0.25) is 16.6 Å². The minimum atomic E-state index is -1.82. The maximum atomic E-state index is 6.19. The molecule has 0 spiro atoms. The van der Waals surface area contributed by atoms with Crippen LogP contribution in [0, 0.1) is 0 Å². The van der Waals surface area contributed by atoms with Gasteiger partial charge in [0.05, 0.1) is 7.11 Å². The van der Waals surface area contributed by atoms with E-state index in [1.807, 2.05) is 6.92 Å². The summed E-state index contributed by atoms with van der Waals surface area (Å²) in [7, 11) is -1.86. The average molecular weight is 291 g/mol. The van der Waals surface area contributed by atoms with Crippen LogP contribution in [0.15, 0.2) is 11.7 Å². The van der Waals surface area contributed by atoms with Gasteiger partial charge in [-0.15, -0.1) is 0 Å². The zero-order valence-corrected chi connectivity index (χ0v) is 15.7. The van der Waals surface area contributed by atoms with Crippen LogP contribution in [0.5, 0.6) is 0 Å². The lowest BCUT2D eigenvalue weighted by atomic mass is 10.2. The lowest BCUT2D eigenvalue weighted by molar-refractivity contribution is 0.124. The molecule has 0 aliphatic carbocycles. The minimum absolute atomic E-state index is 0.173. The summed E-state index contributed by atoms with van der Waals surface area (Å²) < 4.78 is 17.4. The first-order valence-corrected chi connectivity index (χ1v) is 12.7. The Morgan fingerprint density at radius 1 is 0.889 bits per heavy atom. The largest absolute Gasteiger partial charge is 0.542 e. The van der Waals surface area contributed by atoms with Crippen LogP contribution < -0.4 is 0 Å². The van der Waals surface area contributed by atoms with E-state index in [1.54, 1.807) is 7.11 Å². The number of methoxy groups -OCH3 is 1. The Balaban J connectivity index is 5.05. The molecule has 0 aromatic carbocycles. The van der Waals surface area contributed by atoms with E-state index in [9.17, 15) is 0 Å². The molecule has 0 saturated carbocycles. The highest BCUT2D eigenvalue weighted by Gasteiger charge is 2.39. The molecule has 0 heterocycles. The van der Waals surface area contributed by atoms with Crippen molar-refractivity contribution in [1.29, 1.82) is 0 Å². The zero-order valence-electron chi connectivity index (χ0n) is 13.7. The Bertz CT molecular complexity index is 309. The van der Waals surface area contributed by atoms with E-state index >= 15 is 0 Å². The number of ether oxygens (including phenoxy) is 1. The number of allylic oxidation sites excluding steroid dienone is 1. The van der Waals surface area contributed by atoms with Crippen LogP contribution in [0.2, 0.25) is 37.8 Å². The second kappa shape index (κ2) is 5.69. The summed E-state index contributed by atoms with van der Waals surface area (Å²) >= 11 is 0. The summed E-state index contributed by atoms with van der Waals surface area (Å²) in [6.07, 6.45) is 0. The first kappa shape index (κ1) is 17.6. The predicted molar refractivity (Wildman–Crippen MR) is 82.4 cm³/mol. The monoisotopic (exact) mass is 290 g/mol. The SMILES string of the molecule is CO/C(O[Si](C)(C)C)=C(\C)O[Si](C)(C)C(C)(C)C. The molecule has 0 saturated heterocycles. The first-order chi connectivity index (χ1) is 7.80. The smallest absolute Gasteiger partial charge is 0.303 e. The standard InChI is InChI=1S/C13H30O3Si2/c1-11(12(14-5)16-17(6,7)8)15-18(9,10)13(2,3)4/h1-10H3/b12-11-. The Morgan fingerprint density at radius 2 is 1.33 bits per heavy atom. The van der Waals surface area contributed by atoms with Crippen molar-refractivity contribution in [3.05, 3.63) is 11.7 Å². The fourth-order valence-electron chi connectivity index (χ4n) is 1.11. The van der Waals surface area contributed by atoms with Crippen LogP contribution >= 0.6 is 0 Å². The molecule has 3 nitrogen and oxygen atoms in total. The van der Waals surface area contributed by atoms with Gasteiger partial charge in [-0.05, 0) is 44.7 Å². The van der Waals surface area contributed by atoms with Crippen molar-refractivity contribution < 1.29 is 13.6 Å². The van der Waals surface area contributed by atoms with Crippen molar-refractivity contribution >= 4 is 16.6 Å². The summed E-state index contributed by atoms with van der Waals surface area (Å²) in [6, 6.07) is 0. The van der Waals surface area contributed by atoms with Crippen LogP contribution in [-0.2, 0) is 13.6 Å². The molecule has 0 amide bonds. The summed E-state index contributed by atoms with van der Waals surface area (Å²) in [6.45, 7) is 19.4.